The van der Waals surface area contributed by atoms with Gasteiger partial charge in [0, 0.05) is 37.8 Å². The van der Waals surface area contributed by atoms with Crippen molar-refractivity contribution < 1.29 is 19.2 Å². The minimum absolute atomic E-state index is 0.0207. The maximum atomic E-state index is 12.9. The first kappa shape index (κ1) is 21.2. The molecule has 4 rings (SSSR count). The minimum Gasteiger partial charge on any atom is -0.511 e. The summed E-state index contributed by atoms with van der Waals surface area (Å²) in [5, 5.41) is 14.9. The number of aromatic nitrogens is 1. The van der Waals surface area contributed by atoms with Crippen molar-refractivity contribution in [3.8, 4) is 0 Å². The number of hydrogen-bond donors (Lipinski definition) is 1. The van der Waals surface area contributed by atoms with Gasteiger partial charge in [0.2, 0.25) is 0 Å². The van der Waals surface area contributed by atoms with Gasteiger partial charge in [0.25, 0.3) is 0 Å². The fourth-order valence-electron chi connectivity index (χ4n) is 4.44. The summed E-state index contributed by atoms with van der Waals surface area (Å²) in [6.45, 7) is 4.55. The van der Waals surface area contributed by atoms with Crippen LogP contribution in [0.3, 0.4) is 0 Å². The molecule has 1 aromatic carbocycles. The van der Waals surface area contributed by atoms with E-state index in [0.29, 0.717) is 67.0 Å². The lowest BCUT2D eigenvalue weighted by Gasteiger charge is -2.31. The van der Waals surface area contributed by atoms with Gasteiger partial charge in [-0.1, -0.05) is 49.3 Å². The zero-order valence-corrected chi connectivity index (χ0v) is 18.1. The highest BCUT2D eigenvalue weighted by molar-refractivity contribution is 6.24. The van der Waals surface area contributed by atoms with Gasteiger partial charge >= 0.3 is 0 Å². The molecule has 162 valence electrons. The van der Waals surface area contributed by atoms with E-state index in [1.807, 2.05) is 44.2 Å². The molecule has 0 unspecified atom stereocenters. The quantitative estimate of drug-likeness (QED) is 0.545. The van der Waals surface area contributed by atoms with Crippen LogP contribution in [-0.2, 0) is 24.2 Å². The van der Waals surface area contributed by atoms with Gasteiger partial charge in [0.05, 0.1) is 23.4 Å². The normalized spacial score (nSPS) is 21.3. The molecule has 0 bridgehead atoms. The summed E-state index contributed by atoms with van der Waals surface area (Å²) in [7, 11) is 0. The van der Waals surface area contributed by atoms with E-state index in [2.05, 4.69) is 5.16 Å². The first-order valence-electron chi connectivity index (χ1n) is 10.9. The molecule has 0 saturated heterocycles. The predicted molar refractivity (Wildman–Crippen MR) is 117 cm³/mol. The van der Waals surface area contributed by atoms with Gasteiger partial charge in [-0.2, -0.15) is 0 Å². The molecule has 2 aliphatic carbocycles. The summed E-state index contributed by atoms with van der Waals surface area (Å²) in [6.07, 6.45) is 3.56. The summed E-state index contributed by atoms with van der Waals surface area (Å²) in [5.41, 5.74) is 2.97. The predicted octanol–water partition coefficient (Wildman–Crippen LogP) is 4.97. The molecule has 1 N–H and O–H groups in total. The number of allylic oxidation sites excluding steroid dienone is 2. The average molecular weight is 421 g/mol. The zero-order valence-electron chi connectivity index (χ0n) is 18.1. The Bertz CT molecular complexity index is 1060. The topological polar surface area (TPSA) is 92.8 Å². The van der Waals surface area contributed by atoms with Crippen LogP contribution in [0.4, 0.5) is 0 Å². The molecular formula is C25H28N2O4. The number of aryl methyl sites for hydroxylation is 2. The van der Waals surface area contributed by atoms with Gasteiger partial charge in [-0.25, -0.2) is 0 Å². The molecule has 1 saturated carbocycles. The number of carbonyl (C=O) groups is 2. The standard InChI is InChI=1S/C25H28N2O4/c1-25(2)13-18(26-15-16-7-4-3-5-8-16)23(21(30)14-25)20(29)12-11-17-24-19(28)9-6-10-22(24)31-27-17/h3-5,7-8,29H,6,9-15H2,1-2H3. The maximum Gasteiger partial charge on any atom is 0.168 e. The van der Waals surface area contributed by atoms with Gasteiger partial charge in [-0.15, -0.1) is 0 Å². The molecule has 1 fully saturated rings. The van der Waals surface area contributed by atoms with Crippen molar-refractivity contribution in [1.82, 2.24) is 5.16 Å². The van der Waals surface area contributed by atoms with E-state index in [1.54, 1.807) is 0 Å². The van der Waals surface area contributed by atoms with Crippen molar-refractivity contribution in [2.24, 2.45) is 10.4 Å². The molecule has 0 radical (unpaired) electrons. The first-order chi connectivity index (χ1) is 14.8. The number of fused-ring (bicyclic) bond motifs is 1. The molecule has 0 spiro atoms. The van der Waals surface area contributed by atoms with Gasteiger partial charge in [0.1, 0.15) is 11.5 Å². The lowest BCUT2D eigenvalue weighted by molar-refractivity contribution is -0.117. The number of Topliss-reactive ketones (excluding diaryl/α,β-unsaturated/α-hetero) is 2. The highest BCUT2D eigenvalue weighted by Gasteiger charge is 2.36. The van der Waals surface area contributed by atoms with Crippen LogP contribution in [0, 0.1) is 5.41 Å². The van der Waals surface area contributed by atoms with Gasteiger partial charge in [0.15, 0.2) is 11.6 Å². The fraction of sp³-hybridized carbons (Fsp3) is 0.440. The van der Waals surface area contributed by atoms with Crippen LogP contribution in [0.2, 0.25) is 0 Å². The van der Waals surface area contributed by atoms with Crippen LogP contribution in [0.15, 0.2) is 51.2 Å². The number of rotatable bonds is 5. The van der Waals surface area contributed by atoms with Gasteiger partial charge in [-0.3, -0.25) is 14.6 Å². The SMILES string of the molecule is CC1(C)CC(=O)C(=C(O)CCc2noc3c2C(=O)CCC3)C(=NCc2ccccc2)C1. The number of aliphatic hydroxyl groups excluding tert-OH is 1. The monoisotopic (exact) mass is 420 g/mol. The lowest BCUT2D eigenvalue weighted by Crippen LogP contribution is -2.32. The average Bonchev–Trinajstić information content (AvgIpc) is 3.15. The van der Waals surface area contributed by atoms with Crippen LogP contribution in [0.1, 0.15) is 73.3 Å². The summed E-state index contributed by atoms with van der Waals surface area (Å²) in [5.74, 6) is 0.621. The van der Waals surface area contributed by atoms with Gasteiger partial charge < -0.3 is 9.63 Å². The van der Waals surface area contributed by atoms with Crippen molar-refractivity contribution in [3.63, 3.8) is 0 Å². The smallest absolute Gasteiger partial charge is 0.168 e. The Morgan fingerprint density at radius 3 is 2.68 bits per heavy atom. The molecule has 2 aliphatic rings. The van der Waals surface area contributed by atoms with Crippen molar-refractivity contribution in [1.29, 1.82) is 0 Å². The highest BCUT2D eigenvalue weighted by Crippen LogP contribution is 2.36. The molecule has 6 heteroatoms. The van der Waals surface area contributed by atoms with Crippen molar-refractivity contribution in [2.75, 3.05) is 0 Å². The lowest BCUT2D eigenvalue weighted by atomic mass is 9.73. The Balaban J connectivity index is 1.58. The molecular weight excluding hydrogens is 392 g/mol. The number of hydrogen-bond acceptors (Lipinski definition) is 6. The second kappa shape index (κ2) is 8.61. The number of carbonyl (C=O) groups excluding carboxylic acids is 2. The molecule has 0 aliphatic heterocycles. The number of aliphatic hydroxyl groups is 1. The van der Waals surface area contributed by atoms with Crippen LogP contribution in [0.5, 0.6) is 0 Å². The van der Waals surface area contributed by atoms with E-state index in [9.17, 15) is 14.7 Å². The van der Waals surface area contributed by atoms with Gasteiger partial charge in [-0.05, 0) is 23.8 Å². The van der Waals surface area contributed by atoms with Crippen molar-refractivity contribution in [3.05, 3.63) is 64.2 Å². The molecule has 31 heavy (non-hydrogen) atoms. The van der Waals surface area contributed by atoms with Crippen LogP contribution in [0.25, 0.3) is 0 Å². The highest BCUT2D eigenvalue weighted by atomic mass is 16.5. The summed E-state index contributed by atoms with van der Waals surface area (Å²) >= 11 is 0. The summed E-state index contributed by atoms with van der Waals surface area (Å²) in [6, 6.07) is 9.86. The third-order valence-electron chi connectivity index (χ3n) is 5.95. The maximum absolute atomic E-state index is 12.9. The number of nitrogens with zero attached hydrogens (tertiary/aromatic N) is 2. The largest absolute Gasteiger partial charge is 0.511 e. The van der Waals surface area contributed by atoms with E-state index in [1.165, 1.54) is 0 Å². The first-order valence-corrected chi connectivity index (χ1v) is 10.9. The Labute approximate surface area is 182 Å². The third-order valence-corrected chi connectivity index (χ3v) is 5.95. The Hall–Kier alpha value is -3.02. The molecule has 6 nitrogen and oxygen atoms in total. The van der Waals surface area contributed by atoms with Crippen molar-refractivity contribution >= 4 is 17.3 Å². The van der Waals surface area contributed by atoms with E-state index in [0.717, 1.165) is 12.0 Å². The Morgan fingerprint density at radius 1 is 1.13 bits per heavy atom. The molecule has 1 heterocycles. The van der Waals surface area contributed by atoms with Crippen molar-refractivity contribution in [2.45, 2.75) is 65.3 Å². The number of aliphatic imine (C=N–C) groups is 1. The number of ketones is 2. The second-order valence-electron chi connectivity index (χ2n) is 9.22. The number of benzene rings is 1. The third kappa shape index (κ3) is 4.68. The van der Waals surface area contributed by atoms with Crippen LogP contribution >= 0.6 is 0 Å². The van der Waals surface area contributed by atoms with Crippen LogP contribution < -0.4 is 0 Å². The summed E-state index contributed by atoms with van der Waals surface area (Å²) in [4.78, 5) is 29.9. The van der Waals surface area contributed by atoms with E-state index >= 15 is 0 Å². The Morgan fingerprint density at radius 2 is 1.90 bits per heavy atom. The van der Waals surface area contributed by atoms with E-state index in [-0.39, 0.29) is 29.2 Å². The van der Waals surface area contributed by atoms with Crippen LogP contribution in [-0.4, -0.2) is 27.5 Å². The molecule has 1 aromatic heterocycles. The zero-order chi connectivity index (χ0) is 22.0. The molecule has 0 atom stereocenters. The molecule has 2 aromatic rings. The minimum atomic E-state index is -0.200. The second-order valence-corrected chi connectivity index (χ2v) is 9.22. The Kier molecular flexibility index (Phi) is 5.90. The van der Waals surface area contributed by atoms with E-state index < -0.39 is 0 Å². The summed E-state index contributed by atoms with van der Waals surface area (Å²) < 4.78 is 5.33. The van der Waals surface area contributed by atoms with E-state index in [4.69, 9.17) is 9.52 Å². The molecule has 0 amide bonds. The fourth-order valence-corrected chi connectivity index (χ4v) is 4.44.